The molecule has 1 aromatic heterocycles. The third-order valence-corrected chi connectivity index (χ3v) is 14.1. The van der Waals surface area contributed by atoms with Crippen LogP contribution in [-0.2, 0) is 5.41 Å². The van der Waals surface area contributed by atoms with E-state index in [1.807, 2.05) is 0 Å². The number of para-hydroxylation sites is 2. The molecule has 10 aromatic rings. The lowest BCUT2D eigenvalue weighted by Crippen LogP contribution is -2.35. The first-order valence-corrected chi connectivity index (χ1v) is 22.1. The van der Waals surface area contributed by atoms with Crippen molar-refractivity contribution in [3.05, 3.63) is 271 Å². The van der Waals surface area contributed by atoms with E-state index in [1.165, 1.54) is 88.8 Å². The zero-order valence-corrected chi connectivity index (χ0v) is 34.6. The number of allylic oxidation sites excluding steroid dienone is 4. The number of anilines is 2. The maximum Gasteiger partial charge on any atom is 0.0541 e. The molecule has 0 fully saturated rings. The average Bonchev–Trinajstić information content (AvgIpc) is 3.97. The van der Waals surface area contributed by atoms with Crippen LogP contribution in [0.2, 0.25) is 0 Å². The number of fused-ring (bicyclic) bond motifs is 13. The van der Waals surface area contributed by atoms with Crippen LogP contribution in [0.3, 0.4) is 0 Å². The minimum Gasteiger partial charge on any atom is -0.314 e. The minimum absolute atomic E-state index is 0.100. The van der Waals surface area contributed by atoms with Crippen LogP contribution in [0.5, 0.6) is 0 Å². The molecule has 0 radical (unpaired) electrons. The maximum atomic E-state index is 2.54. The van der Waals surface area contributed by atoms with Gasteiger partial charge in [-0.1, -0.05) is 182 Å². The van der Waals surface area contributed by atoms with Crippen molar-refractivity contribution in [1.29, 1.82) is 0 Å². The predicted octanol–water partition coefficient (Wildman–Crippen LogP) is 15.4. The van der Waals surface area contributed by atoms with Crippen molar-refractivity contribution in [3.63, 3.8) is 0 Å². The van der Waals surface area contributed by atoms with Crippen LogP contribution < -0.4 is 4.90 Å². The van der Waals surface area contributed by atoms with E-state index in [2.05, 4.69) is 252 Å². The van der Waals surface area contributed by atoms with Gasteiger partial charge in [0.15, 0.2) is 0 Å². The Morgan fingerprint density at radius 3 is 1.78 bits per heavy atom. The summed E-state index contributed by atoms with van der Waals surface area (Å²) < 4.78 is 2.39. The third kappa shape index (κ3) is 5.25. The molecule has 63 heavy (non-hydrogen) atoms. The summed E-state index contributed by atoms with van der Waals surface area (Å²) in [6, 6.07) is 83.1. The fraction of sp³-hybridized carbons (Fsp3) is 0.0492. The highest BCUT2D eigenvalue weighted by atomic mass is 15.2. The van der Waals surface area contributed by atoms with Gasteiger partial charge in [-0.2, -0.15) is 0 Å². The van der Waals surface area contributed by atoms with Crippen LogP contribution in [0.15, 0.2) is 248 Å². The fourth-order valence-electron chi connectivity index (χ4n) is 11.6. The molecule has 0 saturated carbocycles. The van der Waals surface area contributed by atoms with Gasteiger partial charge in [-0.15, -0.1) is 0 Å². The Kier molecular flexibility index (Phi) is 7.98. The van der Waals surface area contributed by atoms with Crippen LogP contribution in [0.25, 0.3) is 60.9 Å². The molecular formula is C61H42N2. The molecule has 0 bridgehead atoms. The first kappa shape index (κ1) is 35.8. The minimum atomic E-state index is -0.316. The van der Waals surface area contributed by atoms with Crippen molar-refractivity contribution in [1.82, 2.24) is 4.57 Å². The highest BCUT2D eigenvalue weighted by molar-refractivity contribution is 6.10. The van der Waals surface area contributed by atoms with Crippen molar-refractivity contribution in [3.8, 4) is 39.1 Å². The van der Waals surface area contributed by atoms with Crippen molar-refractivity contribution in [2.75, 3.05) is 4.90 Å². The molecule has 13 rings (SSSR count). The van der Waals surface area contributed by atoms with Gasteiger partial charge >= 0.3 is 0 Å². The molecule has 2 nitrogen and oxygen atoms in total. The number of nitrogens with zero attached hydrogens (tertiary/aromatic N) is 2. The van der Waals surface area contributed by atoms with Crippen LogP contribution in [-0.4, -0.2) is 4.57 Å². The zero-order chi connectivity index (χ0) is 41.5. The van der Waals surface area contributed by atoms with E-state index < -0.39 is 0 Å². The number of aromatic nitrogens is 1. The quantitative estimate of drug-likeness (QED) is 0.163. The fourth-order valence-corrected chi connectivity index (χ4v) is 11.6. The van der Waals surface area contributed by atoms with Gasteiger partial charge in [-0.3, -0.25) is 0 Å². The monoisotopic (exact) mass is 802 g/mol. The molecule has 0 aliphatic heterocycles. The third-order valence-electron chi connectivity index (χ3n) is 14.1. The van der Waals surface area contributed by atoms with E-state index in [0.29, 0.717) is 0 Å². The Morgan fingerprint density at radius 1 is 0.413 bits per heavy atom. The van der Waals surface area contributed by atoms with Crippen LogP contribution >= 0.6 is 0 Å². The van der Waals surface area contributed by atoms with Gasteiger partial charge in [0, 0.05) is 45.4 Å². The van der Waals surface area contributed by atoms with E-state index in [4.69, 9.17) is 0 Å². The molecule has 296 valence electrons. The summed E-state index contributed by atoms with van der Waals surface area (Å²) in [6.45, 7) is 0. The van der Waals surface area contributed by atoms with E-state index in [-0.39, 0.29) is 17.3 Å². The molecule has 1 heterocycles. The Morgan fingerprint density at radius 2 is 1.00 bits per heavy atom. The molecular weight excluding hydrogens is 761 g/mol. The molecule has 9 aromatic carbocycles. The molecule has 2 unspecified atom stereocenters. The summed E-state index contributed by atoms with van der Waals surface area (Å²) in [5.74, 6) is 0.265. The topological polar surface area (TPSA) is 8.17 Å². The van der Waals surface area contributed by atoms with Gasteiger partial charge in [-0.25, -0.2) is 0 Å². The summed E-state index contributed by atoms with van der Waals surface area (Å²) in [5, 5.41) is 2.50. The van der Waals surface area contributed by atoms with Gasteiger partial charge in [-0.05, 0) is 116 Å². The maximum absolute atomic E-state index is 2.54. The Hall–Kier alpha value is -7.94. The molecule has 3 aliphatic carbocycles. The normalized spacial score (nSPS) is 16.4. The van der Waals surface area contributed by atoms with Gasteiger partial charge in [0.25, 0.3) is 0 Å². The molecule has 3 aliphatic rings. The van der Waals surface area contributed by atoms with Crippen molar-refractivity contribution in [2.45, 2.75) is 11.3 Å². The van der Waals surface area contributed by atoms with E-state index in [0.717, 1.165) is 11.4 Å². The van der Waals surface area contributed by atoms with Gasteiger partial charge in [0.2, 0.25) is 0 Å². The van der Waals surface area contributed by atoms with E-state index in [1.54, 1.807) is 0 Å². The predicted molar refractivity (Wildman–Crippen MR) is 262 cm³/mol. The number of benzene rings is 9. The van der Waals surface area contributed by atoms with Gasteiger partial charge in [0.1, 0.15) is 0 Å². The van der Waals surface area contributed by atoms with Crippen molar-refractivity contribution >= 4 is 33.2 Å². The number of rotatable bonds is 6. The molecule has 2 heteroatoms. The molecule has 2 atom stereocenters. The number of hydrogen-bond donors (Lipinski definition) is 0. The second-order valence-electron chi connectivity index (χ2n) is 17.2. The van der Waals surface area contributed by atoms with Crippen molar-refractivity contribution in [2.24, 2.45) is 5.92 Å². The Bertz CT molecular complexity index is 3420. The summed E-state index contributed by atoms with van der Waals surface area (Å²) >= 11 is 0. The average molecular weight is 803 g/mol. The highest BCUT2D eigenvalue weighted by Crippen LogP contribution is 2.66. The first-order chi connectivity index (χ1) is 31.3. The van der Waals surface area contributed by atoms with Gasteiger partial charge in [0.05, 0.1) is 16.4 Å². The number of hydrogen-bond acceptors (Lipinski definition) is 1. The van der Waals surface area contributed by atoms with Crippen LogP contribution in [0, 0.1) is 5.92 Å². The standard InChI is InChI=1S/C61H42N2/c1-3-17-41(18-4-1)42-33-36-46(37-34-42)62(47-22-15-19-43(39-47)44-35-38-58-52(40-44)50-25-10-14-31-57(50)63(58)45-20-5-2-6-21-45)59-32-16-30-56-60(59)51-26-9-13-29-55(51)61(56)53-27-11-7-23-48(53)49-24-8-12-28-54(49)61/h1-40,56,60H. The van der Waals surface area contributed by atoms with E-state index in [9.17, 15) is 0 Å². The Labute approximate surface area is 368 Å². The largest absolute Gasteiger partial charge is 0.314 e. The first-order valence-electron chi connectivity index (χ1n) is 22.1. The second-order valence-corrected chi connectivity index (χ2v) is 17.2. The summed E-state index contributed by atoms with van der Waals surface area (Å²) in [7, 11) is 0. The van der Waals surface area contributed by atoms with Gasteiger partial charge < -0.3 is 9.47 Å². The van der Waals surface area contributed by atoms with Crippen molar-refractivity contribution < 1.29 is 0 Å². The molecule has 0 amide bonds. The smallest absolute Gasteiger partial charge is 0.0541 e. The zero-order valence-electron chi connectivity index (χ0n) is 34.6. The summed E-state index contributed by atoms with van der Waals surface area (Å²) in [6.07, 6.45) is 7.21. The second kappa shape index (κ2) is 14.1. The highest BCUT2D eigenvalue weighted by Gasteiger charge is 2.58. The van der Waals surface area contributed by atoms with Crippen LogP contribution in [0.1, 0.15) is 28.2 Å². The lowest BCUT2D eigenvalue weighted by molar-refractivity contribution is 0.451. The molecule has 1 spiro atoms. The SMILES string of the molecule is C1=CC2C(C(N(c3ccc(-c4ccccc4)cc3)c3cccc(-c4ccc5c(c4)c4ccccc4n5-c4ccccc4)c3)=C1)c1ccccc1C21c2ccccc2-c2ccccc21. The lowest BCUT2D eigenvalue weighted by atomic mass is 9.65. The molecule has 0 N–H and O–H groups in total. The summed E-state index contributed by atoms with van der Waals surface area (Å²) in [5.41, 5.74) is 19.9. The van der Waals surface area contributed by atoms with E-state index >= 15 is 0 Å². The Balaban J connectivity index is 0.988. The summed E-state index contributed by atoms with van der Waals surface area (Å²) in [4.78, 5) is 2.54. The van der Waals surface area contributed by atoms with Crippen LogP contribution in [0.4, 0.5) is 11.4 Å². The lowest BCUT2D eigenvalue weighted by Gasteiger charge is -2.40. The molecule has 0 saturated heterocycles.